The van der Waals surface area contributed by atoms with Gasteiger partial charge < -0.3 is 10.5 Å². The Kier molecular flexibility index (Phi) is 3.50. The summed E-state index contributed by atoms with van der Waals surface area (Å²) in [6, 6.07) is 5.88. The van der Waals surface area contributed by atoms with Gasteiger partial charge in [-0.25, -0.2) is 9.61 Å². The predicted molar refractivity (Wildman–Crippen MR) is 82.2 cm³/mol. The van der Waals surface area contributed by atoms with E-state index in [4.69, 9.17) is 15.1 Å². The number of methoxy groups -OCH3 is 1. The van der Waals surface area contributed by atoms with Gasteiger partial charge in [-0.1, -0.05) is 22.0 Å². The number of nitrogens with zero attached hydrogens (tertiary/aromatic N) is 3. The molecule has 21 heavy (non-hydrogen) atoms. The standard InChI is InChI=1S/C14H13BrN4O2/c1-7-10(12(16)13-14(17-7)19-21-18-13)5-8-3-4-9(15)6-11(8)20-2/h3-4,6H,5,16H2,1-2H3. The van der Waals surface area contributed by atoms with Gasteiger partial charge in [0, 0.05) is 22.2 Å². The zero-order valence-electron chi connectivity index (χ0n) is 11.6. The highest BCUT2D eigenvalue weighted by atomic mass is 79.9. The molecule has 0 radical (unpaired) electrons. The zero-order valence-corrected chi connectivity index (χ0v) is 13.1. The number of nitrogens with two attached hydrogens (primary N) is 1. The van der Waals surface area contributed by atoms with Gasteiger partial charge in [-0.05, 0) is 34.9 Å². The third-order valence-corrected chi connectivity index (χ3v) is 3.87. The SMILES string of the molecule is COc1cc(Br)ccc1Cc1c(C)nc2nonc2c1N. The van der Waals surface area contributed by atoms with Gasteiger partial charge in [0.25, 0.3) is 0 Å². The second-order valence-corrected chi connectivity index (χ2v) is 5.57. The number of nitrogen functional groups attached to an aromatic ring is 1. The first-order valence-electron chi connectivity index (χ1n) is 6.29. The van der Waals surface area contributed by atoms with Crippen LogP contribution < -0.4 is 10.5 Å². The fraction of sp³-hybridized carbons (Fsp3) is 0.214. The van der Waals surface area contributed by atoms with Crippen LogP contribution in [0.5, 0.6) is 5.75 Å². The Bertz CT molecular complexity index is 816. The van der Waals surface area contributed by atoms with Crippen LogP contribution in [0.2, 0.25) is 0 Å². The molecule has 7 heteroatoms. The van der Waals surface area contributed by atoms with Crippen LogP contribution in [0.1, 0.15) is 16.8 Å². The average molecular weight is 349 g/mol. The van der Waals surface area contributed by atoms with Crippen molar-refractivity contribution in [3.8, 4) is 5.75 Å². The van der Waals surface area contributed by atoms with E-state index in [-0.39, 0.29) is 0 Å². The van der Waals surface area contributed by atoms with E-state index < -0.39 is 0 Å². The highest BCUT2D eigenvalue weighted by Gasteiger charge is 2.16. The normalized spacial score (nSPS) is 11.0. The average Bonchev–Trinajstić information content (AvgIpc) is 2.93. The third-order valence-electron chi connectivity index (χ3n) is 3.38. The van der Waals surface area contributed by atoms with Gasteiger partial charge in [-0.2, -0.15) is 0 Å². The zero-order chi connectivity index (χ0) is 15.0. The highest BCUT2D eigenvalue weighted by molar-refractivity contribution is 9.10. The minimum Gasteiger partial charge on any atom is -0.496 e. The van der Waals surface area contributed by atoms with E-state index in [9.17, 15) is 0 Å². The summed E-state index contributed by atoms with van der Waals surface area (Å²) in [6.07, 6.45) is 0.601. The Labute approximate surface area is 129 Å². The molecule has 0 saturated carbocycles. The summed E-state index contributed by atoms with van der Waals surface area (Å²) >= 11 is 3.43. The van der Waals surface area contributed by atoms with Crippen molar-refractivity contribution >= 4 is 32.8 Å². The molecule has 0 amide bonds. The van der Waals surface area contributed by atoms with Gasteiger partial charge in [0.05, 0.1) is 12.8 Å². The van der Waals surface area contributed by atoms with E-state index in [2.05, 4.69) is 31.2 Å². The highest BCUT2D eigenvalue weighted by Crippen LogP contribution is 2.30. The summed E-state index contributed by atoms with van der Waals surface area (Å²) in [7, 11) is 1.64. The van der Waals surface area contributed by atoms with Crippen molar-refractivity contribution in [2.75, 3.05) is 12.8 Å². The molecule has 0 saturated heterocycles. The molecule has 2 heterocycles. The van der Waals surface area contributed by atoms with E-state index in [1.807, 2.05) is 25.1 Å². The summed E-state index contributed by atoms with van der Waals surface area (Å²) in [5.74, 6) is 0.793. The minimum absolute atomic E-state index is 0.427. The van der Waals surface area contributed by atoms with Crippen molar-refractivity contribution < 1.29 is 9.37 Å². The largest absolute Gasteiger partial charge is 0.496 e. The molecule has 6 nitrogen and oxygen atoms in total. The van der Waals surface area contributed by atoms with Gasteiger partial charge >= 0.3 is 0 Å². The van der Waals surface area contributed by atoms with Crippen LogP contribution in [0.25, 0.3) is 11.2 Å². The van der Waals surface area contributed by atoms with Crippen molar-refractivity contribution in [1.29, 1.82) is 0 Å². The maximum Gasteiger partial charge on any atom is 0.226 e. The molecule has 0 spiro atoms. The van der Waals surface area contributed by atoms with Crippen molar-refractivity contribution in [3.05, 3.63) is 39.5 Å². The molecular formula is C14H13BrN4O2. The van der Waals surface area contributed by atoms with E-state index in [0.717, 1.165) is 27.0 Å². The van der Waals surface area contributed by atoms with E-state index in [1.165, 1.54) is 0 Å². The maximum atomic E-state index is 6.18. The lowest BCUT2D eigenvalue weighted by atomic mass is 10.0. The first-order valence-corrected chi connectivity index (χ1v) is 7.09. The molecule has 0 aliphatic heterocycles. The Balaban J connectivity index is 2.09. The molecule has 3 aromatic rings. The smallest absolute Gasteiger partial charge is 0.226 e. The second-order valence-electron chi connectivity index (χ2n) is 4.66. The second kappa shape index (κ2) is 5.33. The fourth-order valence-corrected chi connectivity index (χ4v) is 2.61. The number of pyridine rings is 1. The Morgan fingerprint density at radius 1 is 1.33 bits per heavy atom. The van der Waals surface area contributed by atoms with Crippen LogP contribution in [-0.2, 0) is 6.42 Å². The number of halogens is 1. The number of aromatic nitrogens is 3. The quantitative estimate of drug-likeness (QED) is 0.782. The molecule has 0 unspecified atom stereocenters. The summed E-state index contributed by atoms with van der Waals surface area (Å²) < 4.78 is 11.1. The lowest BCUT2D eigenvalue weighted by Gasteiger charge is -2.12. The number of hydrogen-bond donors (Lipinski definition) is 1. The van der Waals surface area contributed by atoms with Crippen LogP contribution in [-0.4, -0.2) is 22.4 Å². The maximum absolute atomic E-state index is 6.18. The fourth-order valence-electron chi connectivity index (χ4n) is 2.27. The van der Waals surface area contributed by atoms with Crippen molar-refractivity contribution in [2.24, 2.45) is 0 Å². The molecule has 108 valence electrons. The van der Waals surface area contributed by atoms with E-state index >= 15 is 0 Å². The molecule has 2 aromatic heterocycles. The first kappa shape index (κ1) is 13.8. The minimum atomic E-state index is 0.427. The molecule has 0 aliphatic rings. The van der Waals surface area contributed by atoms with Crippen LogP contribution in [0.4, 0.5) is 5.69 Å². The van der Waals surface area contributed by atoms with Gasteiger partial charge in [-0.15, -0.1) is 0 Å². The Hall–Kier alpha value is -2.15. The van der Waals surface area contributed by atoms with Crippen LogP contribution >= 0.6 is 15.9 Å². The monoisotopic (exact) mass is 348 g/mol. The molecule has 0 atom stereocenters. The topological polar surface area (TPSA) is 87.1 Å². The molecule has 0 bridgehead atoms. The molecule has 1 aromatic carbocycles. The van der Waals surface area contributed by atoms with Crippen molar-refractivity contribution in [1.82, 2.24) is 15.3 Å². The number of aryl methyl sites for hydroxylation is 1. The number of rotatable bonds is 3. The number of anilines is 1. The van der Waals surface area contributed by atoms with Crippen LogP contribution in [0.3, 0.4) is 0 Å². The van der Waals surface area contributed by atoms with Crippen molar-refractivity contribution in [2.45, 2.75) is 13.3 Å². The molecule has 3 rings (SSSR count). The summed E-state index contributed by atoms with van der Waals surface area (Å²) in [4.78, 5) is 4.37. The lowest BCUT2D eigenvalue weighted by molar-refractivity contribution is 0.315. The third kappa shape index (κ3) is 2.44. The number of hydrogen-bond acceptors (Lipinski definition) is 6. The number of benzene rings is 1. The summed E-state index contributed by atoms with van der Waals surface area (Å²) in [5.41, 5.74) is 10.4. The molecule has 0 aliphatic carbocycles. The Morgan fingerprint density at radius 3 is 2.90 bits per heavy atom. The van der Waals surface area contributed by atoms with Gasteiger partial charge in [0.1, 0.15) is 5.75 Å². The first-order chi connectivity index (χ1) is 10.1. The molecular weight excluding hydrogens is 336 g/mol. The van der Waals surface area contributed by atoms with Crippen LogP contribution in [0.15, 0.2) is 27.3 Å². The number of ether oxygens (including phenoxy) is 1. The van der Waals surface area contributed by atoms with Crippen LogP contribution in [0, 0.1) is 6.92 Å². The Morgan fingerprint density at radius 2 is 2.14 bits per heavy atom. The lowest BCUT2D eigenvalue weighted by Crippen LogP contribution is -2.03. The molecule has 0 fully saturated rings. The number of fused-ring (bicyclic) bond motifs is 1. The predicted octanol–water partition coefficient (Wildman–Crippen LogP) is 2.87. The van der Waals surface area contributed by atoms with E-state index in [0.29, 0.717) is 23.3 Å². The van der Waals surface area contributed by atoms with Gasteiger partial charge in [0.2, 0.25) is 5.65 Å². The van der Waals surface area contributed by atoms with Gasteiger partial charge in [0.15, 0.2) is 5.52 Å². The van der Waals surface area contributed by atoms with E-state index in [1.54, 1.807) is 7.11 Å². The van der Waals surface area contributed by atoms with Crippen molar-refractivity contribution in [3.63, 3.8) is 0 Å². The van der Waals surface area contributed by atoms with Gasteiger partial charge in [-0.3, -0.25) is 0 Å². The molecule has 2 N–H and O–H groups in total. The summed E-state index contributed by atoms with van der Waals surface area (Å²) in [6.45, 7) is 1.89. The summed E-state index contributed by atoms with van der Waals surface area (Å²) in [5, 5.41) is 7.53.